The van der Waals surface area contributed by atoms with Gasteiger partial charge in [0.25, 0.3) is 5.91 Å². The lowest BCUT2D eigenvalue weighted by Crippen LogP contribution is -2.26. The van der Waals surface area contributed by atoms with Gasteiger partial charge in [-0.15, -0.1) is 10.2 Å². The minimum atomic E-state index is -0.574. The topological polar surface area (TPSA) is 103 Å². The summed E-state index contributed by atoms with van der Waals surface area (Å²) in [5.41, 5.74) is 7.13. The van der Waals surface area contributed by atoms with Crippen LogP contribution in [0.3, 0.4) is 0 Å². The van der Waals surface area contributed by atoms with E-state index in [4.69, 9.17) is 21.4 Å². The number of benzene rings is 4. The average Bonchev–Trinajstić information content (AvgIpc) is 3.68. The Balaban J connectivity index is 1.52. The Hall–Kier alpha value is -5.32. The molecular weight excluding hydrogens is 596 g/mol. The molecule has 0 aliphatic carbocycles. The molecule has 0 aliphatic heterocycles. The molecule has 6 rings (SSSR count). The molecule has 0 saturated carbocycles. The highest BCUT2D eigenvalue weighted by Gasteiger charge is 2.27. The van der Waals surface area contributed by atoms with Crippen molar-refractivity contribution in [3.63, 3.8) is 0 Å². The Morgan fingerprint density at radius 3 is 2.00 bits per heavy atom. The normalized spacial score (nSPS) is 11.4. The fourth-order valence-corrected chi connectivity index (χ4v) is 5.48. The maximum Gasteiger partial charge on any atom is 0.369 e. The Kier molecular flexibility index (Phi) is 8.44. The first-order valence-corrected chi connectivity index (χ1v) is 14.9. The van der Waals surface area contributed by atoms with Crippen molar-refractivity contribution < 1.29 is 14.3 Å². The third kappa shape index (κ3) is 5.94. The molecule has 0 spiro atoms. The molecule has 0 radical (unpaired) electrons. The number of esters is 1. The Bertz CT molecular complexity index is 1990. The van der Waals surface area contributed by atoms with Gasteiger partial charge >= 0.3 is 5.97 Å². The second kappa shape index (κ2) is 12.9. The van der Waals surface area contributed by atoms with Crippen molar-refractivity contribution in [2.45, 2.75) is 6.92 Å². The molecule has 0 aliphatic rings. The van der Waals surface area contributed by atoms with E-state index < -0.39 is 11.9 Å². The van der Waals surface area contributed by atoms with E-state index in [2.05, 4.69) is 15.6 Å². The van der Waals surface area contributed by atoms with Crippen molar-refractivity contribution in [3.05, 3.63) is 136 Å². The van der Waals surface area contributed by atoms with Crippen molar-refractivity contribution >= 4 is 34.8 Å². The lowest BCUT2D eigenvalue weighted by molar-refractivity contribution is 0.0524. The van der Waals surface area contributed by atoms with Crippen LogP contribution < -0.4 is 10.2 Å². The number of aromatic nitrogens is 4. The smallest absolute Gasteiger partial charge is 0.369 e. The monoisotopic (exact) mass is 620 g/mol. The SMILES string of the molecule is CCOC(=O)c1nn(-c2ccccc2)/c(=N/NC(=O)c2c(-c3ccc(Cl)cc3)c(-c3ccccc3)nn2-c2ccccc2)s1. The van der Waals surface area contributed by atoms with Crippen LogP contribution in [0.4, 0.5) is 0 Å². The number of hydrogen-bond acceptors (Lipinski definition) is 7. The first-order chi connectivity index (χ1) is 21.5. The number of nitrogens with zero attached hydrogens (tertiary/aromatic N) is 5. The summed E-state index contributed by atoms with van der Waals surface area (Å²) in [5.74, 6) is -1.09. The van der Waals surface area contributed by atoms with Gasteiger partial charge in [0.05, 0.1) is 18.0 Å². The molecule has 6 aromatic rings. The lowest BCUT2D eigenvalue weighted by Gasteiger charge is -2.09. The summed E-state index contributed by atoms with van der Waals surface area (Å²) >= 11 is 7.23. The molecule has 0 saturated heterocycles. The predicted octanol–water partition coefficient (Wildman–Crippen LogP) is 6.53. The average molecular weight is 621 g/mol. The molecule has 44 heavy (non-hydrogen) atoms. The first kappa shape index (κ1) is 28.8. The van der Waals surface area contributed by atoms with E-state index in [0.29, 0.717) is 27.7 Å². The van der Waals surface area contributed by atoms with Gasteiger partial charge in [-0.3, -0.25) is 4.79 Å². The van der Waals surface area contributed by atoms with E-state index in [1.165, 1.54) is 4.68 Å². The maximum absolute atomic E-state index is 14.2. The summed E-state index contributed by atoms with van der Waals surface area (Å²) in [6, 6.07) is 35.5. The number of hydrogen-bond donors (Lipinski definition) is 1. The third-order valence-electron chi connectivity index (χ3n) is 6.55. The molecule has 0 unspecified atom stereocenters. The zero-order valence-electron chi connectivity index (χ0n) is 23.4. The zero-order chi connectivity index (χ0) is 30.5. The summed E-state index contributed by atoms with van der Waals surface area (Å²) < 4.78 is 8.25. The molecule has 0 bridgehead atoms. The van der Waals surface area contributed by atoms with Crippen LogP contribution in [0.25, 0.3) is 33.8 Å². The number of carbonyl (C=O) groups excluding carboxylic acids is 2. The van der Waals surface area contributed by atoms with E-state index >= 15 is 0 Å². The number of amides is 1. The van der Waals surface area contributed by atoms with Gasteiger partial charge in [-0.25, -0.2) is 19.6 Å². The molecule has 9 nitrogen and oxygen atoms in total. The second-order valence-electron chi connectivity index (χ2n) is 9.40. The van der Waals surface area contributed by atoms with Gasteiger partial charge in [-0.05, 0) is 48.9 Å². The van der Waals surface area contributed by atoms with Gasteiger partial charge in [0.15, 0.2) is 0 Å². The summed E-state index contributed by atoms with van der Waals surface area (Å²) in [6.07, 6.45) is 0. The largest absolute Gasteiger partial charge is 0.461 e. The van der Waals surface area contributed by atoms with E-state index in [1.807, 2.05) is 103 Å². The van der Waals surface area contributed by atoms with Crippen molar-refractivity contribution in [3.8, 4) is 33.8 Å². The third-order valence-corrected chi connectivity index (χ3v) is 7.69. The van der Waals surface area contributed by atoms with Gasteiger partial charge in [0, 0.05) is 16.1 Å². The molecule has 1 N–H and O–H groups in total. The molecule has 4 aromatic carbocycles. The maximum atomic E-state index is 14.2. The minimum absolute atomic E-state index is 0.103. The molecule has 218 valence electrons. The minimum Gasteiger partial charge on any atom is -0.461 e. The number of rotatable bonds is 8. The van der Waals surface area contributed by atoms with E-state index in [0.717, 1.165) is 22.5 Å². The van der Waals surface area contributed by atoms with Crippen molar-refractivity contribution in [2.75, 3.05) is 6.61 Å². The summed E-state index contributed by atoms with van der Waals surface area (Å²) in [5, 5.41) is 14.5. The van der Waals surface area contributed by atoms with Crippen LogP contribution in [0.2, 0.25) is 5.02 Å². The van der Waals surface area contributed by atoms with Gasteiger partial charge in [0.2, 0.25) is 9.81 Å². The number of halogens is 1. The Morgan fingerprint density at radius 1 is 0.795 bits per heavy atom. The van der Waals surface area contributed by atoms with Gasteiger partial charge in [-0.2, -0.15) is 5.10 Å². The summed E-state index contributed by atoms with van der Waals surface area (Å²) in [7, 11) is 0. The standard InChI is InChI=1S/C33H25ClN6O3S/c1-2-43-32(42)31-38-40(26-16-10-5-11-17-26)33(44-31)36-35-30(41)29-27(22-18-20-24(34)21-19-22)28(23-12-6-3-7-13-23)37-39(29)25-14-8-4-9-15-25/h3-21H,2H2,1H3,(H,35,41)/b36-33-. The Morgan fingerprint density at radius 2 is 1.39 bits per heavy atom. The number of carbonyl (C=O) groups is 2. The number of nitrogens with one attached hydrogen (secondary N) is 1. The lowest BCUT2D eigenvalue weighted by atomic mass is 9.98. The molecule has 2 aromatic heterocycles. The quantitative estimate of drug-likeness (QED) is 0.154. The van der Waals surface area contributed by atoms with E-state index in [1.54, 1.807) is 23.7 Å². The molecule has 0 atom stereocenters. The van der Waals surface area contributed by atoms with Crippen molar-refractivity contribution in [1.82, 2.24) is 25.0 Å². The van der Waals surface area contributed by atoms with Crippen LogP contribution in [-0.2, 0) is 4.74 Å². The fourth-order valence-electron chi connectivity index (χ4n) is 4.59. The van der Waals surface area contributed by atoms with Crippen molar-refractivity contribution in [1.29, 1.82) is 0 Å². The van der Waals surface area contributed by atoms with E-state index in [9.17, 15) is 9.59 Å². The van der Waals surface area contributed by atoms with E-state index in [-0.39, 0.29) is 22.1 Å². The van der Waals surface area contributed by atoms with Gasteiger partial charge in [-0.1, -0.05) is 102 Å². The van der Waals surface area contributed by atoms with Crippen LogP contribution >= 0.6 is 22.9 Å². The summed E-state index contributed by atoms with van der Waals surface area (Å²) in [6.45, 7) is 1.92. The highest BCUT2D eigenvalue weighted by atomic mass is 35.5. The molecule has 2 heterocycles. The highest BCUT2D eigenvalue weighted by Crippen LogP contribution is 2.36. The predicted molar refractivity (Wildman–Crippen MR) is 170 cm³/mol. The Labute approximate surface area is 261 Å². The molecule has 1 amide bonds. The van der Waals surface area contributed by atoms with Gasteiger partial charge in [0.1, 0.15) is 11.4 Å². The van der Waals surface area contributed by atoms with Gasteiger partial charge < -0.3 is 4.74 Å². The first-order valence-electron chi connectivity index (χ1n) is 13.7. The molecular formula is C33H25ClN6O3S. The molecule has 0 fully saturated rings. The number of ether oxygens (including phenoxy) is 1. The van der Waals surface area contributed by atoms with Crippen molar-refractivity contribution in [2.24, 2.45) is 5.10 Å². The van der Waals surface area contributed by atoms with Crippen LogP contribution in [0.1, 0.15) is 27.2 Å². The number of para-hydroxylation sites is 2. The van der Waals surface area contributed by atoms with Crippen LogP contribution in [0.5, 0.6) is 0 Å². The molecule has 11 heteroatoms. The fraction of sp³-hybridized carbons (Fsp3) is 0.0606. The van der Waals surface area contributed by atoms with Crippen LogP contribution in [-0.4, -0.2) is 38.0 Å². The highest BCUT2D eigenvalue weighted by molar-refractivity contribution is 7.10. The summed E-state index contributed by atoms with van der Waals surface area (Å²) in [4.78, 5) is 27.0. The second-order valence-corrected chi connectivity index (χ2v) is 10.8. The van der Waals surface area contributed by atoms with Crippen LogP contribution in [0.15, 0.2) is 120 Å². The van der Waals surface area contributed by atoms with Crippen LogP contribution in [0, 0.1) is 0 Å². The zero-order valence-corrected chi connectivity index (χ0v) is 25.0.